The van der Waals surface area contributed by atoms with Crippen LogP contribution in [0, 0.1) is 0 Å². The third kappa shape index (κ3) is 1.51. The fourth-order valence-corrected chi connectivity index (χ4v) is 3.26. The van der Waals surface area contributed by atoms with Crippen LogP contribution in [0.4, 0.5) is 0 Å². The molecular weight excluding hydrogens is 240 g/mol. The van der Waals surface area contributed by atoms with Gasteiger partial charge in [-0.05, 0) is 0 Å². The zero-order chi connectivity index (χ0) is 12.9. The lowest BCUT2D eigenvalue weighted by molar-refractivity contribution is -0.399. The molecule has 0 spiro atoms. The number of rotatable bonds is 4. The molecule has 18 heavy (non-hydrogen) atoms. The molecule has 1 saturated heterocycles. The van der Waals surface area contributed by atoms with E-state index in [4.69, 9.17) is 28.4 Å². The van der Waals surface area contributed by atoms with E-state index < -0.39 is 0 Å². The SMILES string of the molecule is COC1C(OC)C2OC3C(OC)C(OC)C3OC12. The van der Waals surface area contributed by atoms with Gasteiger partial charge >= 0.3 is 0 Å². The zero-order valence-corrected chi connectivity index (χ0v) is 11.1. The highest BCUT2D eigenvalue weighted by atomic mass is 16.7. The van der Waals surface area contributed by atoms with Gasteiger partial charge in [0, 0.05) is 28.4 Å². The van der Waals surface area contributed by atoms with Crippen molar-refractivity contribution in [2.75, 3.05) is 28.4 Å². The summed E-state index contributed by atoms with van der Waals surface area (Å²) < 4.78 is 33.6. The monoisotopic (exact) mass is 260 g/mol. The second-order valence-corrected chi connectivity index (χ2v) is 4.93. The van der Waals surface area contributed by atoms with Crippen molar-refractivity contribution in [1.82, 2.24) is 0 Å². The number of hydrogen-bond donors (Lipinski definition) is 0. The van der Waals surface area contributed by atoms with Crippen LogP contribution in [0.1, 0.15) is 0 Å². The lowest BCUT2D eigenvalue weighted by Crippen LogP contribution is -2.80. The normalized spacial score (nSPS) is 54.0. The fraction of sp³-hybridized carbons (Fsp3) is 1.00. The van der Waals surface area contributed by atoms with Crippen molar-refractivity contribution in [3.63, 3.8) is 0 Å². The number of fused-ring (bicyclic) bond motifs is 2. The summed E-state index contributed by atoms with van der Waals surface area (Å²) in [5.41, 5.74) is 0. The van der Waals surface area contributed by atoms with Gasteiger partial charge in [0.2, 0.25) is 0 Å². The molecule has 0 aromatic heterocycles. The summed E-state index contributed by atoms with van der Waals surface area (Å²) in [5.74, 6) is 0. The topological polar surface area (TPSA) is 55.4 Å². The molecule has 8 atom stereocenters. The molecule has 1 aliphatic heterocycles. The Morgan fingerprint density at radius 2 is 0.722 bits per heavy atom. The van der Waals surface area contributed by atoms with Crippen LogP contribution in [0.5, 0.6) is 0 Å². The van der Waals surface area contributed by atoms with E-state index in [2.05, 4.69) is 0 Å². The molecule has 1 heterocycles. The minimum absolute atomic E-state index is 0.0694. The van der Waals surface area contributed by atoms with Gasteiger partial charge in [0.25, 0.3) is 0 Å². The van der Waals surface area contributed by atoms with Gasteiger partial charge in [-0.15, -0.1) is 0 Å². The molecule has 3 aliphatic rings. The first-order valence-corrected chi connectivity index (χ1v) is 6.19. The van der Waals surface area contributed by atoms with Gasteiger partial charge in [0.15, 0.2) is 0 Å². The second-order valence-electron chi connectivity index (χ2n) is 4.93. The molecule has 2 saturated carbocycles. The first-order valence-electron chi connectivity index (χ1n) is 6.19. The molecule has 8 unspecified atom stereocenters. The maximum Gasteiger partial charge on any atom is 0.116 e. The van der Waals surface area contributed by atoms with Gasteiger partial charge < -0.3 is 28.4 Å². The molecule has 104 valence electrons. The molecule has 2 aliphatic carbocycles. The van der Waals surface area contributed by atoms with Crippen molar-refractivity contribution in [2.24, 2.45) is 0 Å². The molecular formula is C12H20O6. The molecule has 0 radical (unpaired) electrons. The van der Waals surface area contributed by atoms with Crippen molar-refractivity contribution in [3.8, 4) is 0 Å². The molecule has 3 rings (SSSR count). The maximum atomic E-state index is 6.02. The Labute approximate surface area is 106 Å². The quantitative estimate of drug-likeness (QED) is 0.685. The maximum absolute atomic E-state index is 6.02. The van der Waals surface area contributed by atoms with Crippen molar-refractivity contribution in [2.45, 2.75) is 48.8 Å². The van der Waals surface area contributed by atoms with Crippen molar-refractivity contribution in [3.05, 3.63) is 0 Å². The van der Waals surface area contributed by atoms with Gasteiger partial charge in [-0.1, -0.05) is 0 Å². The van der Waals surface area contributed by atoms with Gasteiger partial charge in [-0.2, -0.15) is 0 Å². The average molecular weight is 260 g/mol. The highest BCUT2D eigenvalue weighted by molar-refractivity contribution is 5.13. The Morgan fingerprint density at radius 1 is 0.500 bits per heavy atom. The highest BCUT2D eigenvalue weighted by Gasteiger charge is 2.66. The largest absolute Gasteiger partial charge is 0.376 e. The van der Waals surface area contributed by atoms with Crippen LogP contribution in [0.2, 0.25) is 0 Å². The third-order valence-electron chi connectivity index (χ3n) is 4.31. The number of ether oxygens (including phenoxy) is 6. The molecule has 0 N–H and O–H groups in total. The summed E-state index contributed by atoms with van der Waals surface area (Å²) in [6.07, 6.45) is -0.568. The van der Waals surface area contributed by atoms with E-state index in [-0.39, 0.29) is 48.8 Å². The summed E-state index contributed by atoms with van der Waals surface area (Å²) in [6, 6.07) is 0. The summed E-state index contributed by atoms with van der Waals surface area (Å²) >= 11 is 0. The summed E-state index contributed by atoms with van der Waals surface area (Å²) in [5, 5.41) is 0. The molecule has 0 aromatic rings. The minimum Gasteiger partial charge on any atom is -0.376 e. The van der Waals surface area contributed by atoms with Crippen LogP contribution in [0.3, 0.4) is 0 Å². The summed E-state index contributed by atoms with van der Waals surface area (Å²) in [6.45, 7) is 0. The first-order chi connectivity index (χ1) is 8.76. The lowest BCUT2D eigenvalue weighted by atomic mass is 9.76. The Morgan fingerprint density at radius 3 is 0.889 bits per heavy atom. The van der Waals surface area contributed by atoms with Crippen molar-refractivity contribution >= 4 is 0 Å². The third-order valence-corrected chi connectivity index (χ3v) is 4.31. The fourth-order valence-electron chi connectivity index (χ4n) is 3.26. The Balaban J connectivity index is 1.70. The first kappa shape index (κ1) is 12.8. The summed E-state index contributed by atoms with van der Waals surface area (Å²) in [7, 11) is 6.65. The van der Waals surface area contributed by atoms with Crippen LogP contribution in [-0.2, 0) is 28.4 Å². The van der Waals surface area contributed by atoms with E-state index in [1.807, 2.05) is 0 Å². The summed E-state index contributed by atoms with van der Waals surface area (Å²) in [4.78, 5) is 0. The standard InChI is InChI=1S/C12H20O6/c1-13-5-6(14-2)10-9(5)17-11-7(15-3)8(16-4)12(11)18-10/h5-12H,1-4H3. The zero-order valence-electron chi connectivity index (χ0n) is 11.1. The van der Waals surface area contributed by atoms with Gasteiger partial charge in [-0.3, -0.25) is 0 Å². The van der Waals surface area contributed by atoms with Crippen LogP contribution >= 0.6 is 0 Å². The Bertz CT molecular complexity index is 253. The van der Waals surface area contributed by atoms with Crippen LogP contribution in [-0.4, -0.2) is 77.3 Å². The predicted molar refractivity (Wildman–Crippen MR) is 60.5 cm³/mol. The van der Waals surface area contributed by atoms with E-state index >= 15 is 0 Å². The van der Waals surface area contributed by atoms with Crippen LogP contribution < -0.4 is 0 Å². The van der Waals surface area contributed by atoms with E-state index in [1.165, 1.54) is 0 Å². The van der Waals surface area contributed by atoms with Gasteiger partial charge in [-0.25, -0.2) is 0 Å². The van der Waals surface area contributed by atoms with Crippen molar-refractivity contribution < 1.29 is 28.4 Å². The minimum atomic E-state index is -0.0725. The van der Waals surface area contributed by atoms with Gasteiger partial charge in [0.1, 0.15) is 48.8 Å². The Kier molecular flexibility index (Phi) is 3.34. The lowest BCUT2D eigenvalue weighted by Gasteiger charge is -2.61. The molecule has 6 heteroatoms. The number of hydrogen-bond acceptors (Lipinski definition) is 6. The molecule has 0 bridgehead atoms. The van der Waals surface area contributed by atoms with E-state index in [0.717, 1.165) is 0 Å². The van der Waals surface area contributed by atoms with Crippen LogP contribution in [0.25, 0.3) is 0 Å². The molecule has 0 amide bonds. The molecule has 3 fully saturated rings. The van der Waals surface area contributed by atoms with E-state index in [1.54, 1.807) is 28.4 Å². The van der Waals surface area contributed by atoms with Crippen LogP contribution in [0.15, 0.2) is 0 Å². The highest BCUT2D eigenvalue weighted by Crippen LogP contribution is 2.45. The smallest absolute Gasteiger partial charge is 0.116 e. The molecule has 6 nitrogen and oxygen atoms in total. The average Bonchev–Trinajstić information content (AvgIpc) is 2.35. The van der Waals surface area contributed by atoms with E-state index in [9.17, 15) is 0 Å². The Hall–Kier alpha value is -0.240. The van der Waals surface area contributed by atoms with Gasteiger partial charge in [0.05, 0.1) is 0 Å². The molecule has 0 aromatic carbocycles. The number of methoxy groups -OCH3 is 4. The van der Waals surface area contributed by atoms with Crippen molar-refractivity contribution in [1.29, 1.82) is 0 Å². The predicted octanol–water partition coefficient (Wildman–Crippen LogP) is -0.405. The second kappa shape index (κ2) is 4.70. The van der Waals surface area contributed by atoms with E-state index in [0.29, 0.717) is 0 Å².